The molecule has 0 radical (unpaired) electrons. The fourth-order valence-corrected chi connectivity index (χ4v) is 2.25. The van der Waals surface area contributed by atoms with E-state index < -0.39 is 5.97 Å². The first-order valence-corrected chi connectivity index (χ1v) is 6.27. The van der Waals surface area contributed by atoms with E-state index in [1.54, 1.807) is 18.2 Å². The van der Waals surface area contributed by atoms with Gasteiger partial charge in [-0.2, -0.15) is 4.98 Å². The molecular weight excluding hydrogens is 272 g/mol. The fourth-order valence-electron chi connectivity index (χ4n) is 2.25. The number of hydrogen-bond donors (Lipinski definition) is 1. The number of aromatic carboxylic acids is 1. The molecule has 6 nitrogen and oxygen atoms in total. The number of nitrogens with zero attached hydrogens (tertiary/aromatic N) is 2. The summed E-state index contributed by atoms with van der Waals surface area (Å²) in [5.74, 6) is -0.302. The van der Waals surface area contributed by atoms with E-state index in [4.69, 9.17) is 9.26 Å². The van der Waals surface area contributed by atoms with Gasteiger partial charge in [0.1, 0.15) is 6.61 Å². The normalized spacial score (nSPS) is 10.9. The van der Waals surface area contributed by atoms with Gasteiger partial charge < -0.3 is 14.4 Å². The van der Waals surface area contributed by atoms with Crippen molar-refractivity contribution < 1.29 is 19.2 Å². The molecule has 106 valence electrons. The molecule has 0 aliphatic heterocycles. The summed E-state index contributed by atoms with van der Waals surface area (Å²) in [4.78, 5) is 15.6. The monoisotopic (exact) mass is 284 g/mol. The van der Waals surface area contributed by atoms with Gasteiger partial charge in [-0.05, 0) is 17.5 Å². The molecule has 3 aromatic rings. The van der Waals surface area contributed by atoms with Gasteiger partial charge in [0, 0.05) is 18.1 Å². The highest BCUT2D eigenvalue weighted by Crippen LogP contribution is 2.30. The van der Waals surface area contributed by atoms with E-state index in [-0.39, 0.29) is 18.1 Å². The van der Waals surface area contributed by atoms with Crippen LogP contribution in [-0.4, -0.2) is 28.3 Å². The van der Waals surface area contributed by atoms with E-state index in [9.17, 15) is 9.90 Å². The summed E-state index contributed by atoms with van der Waals surface area (Å²) in [7, 11) is 1.54. The summed E-state index contributed by atoms with van der Waals surface area (Å²) in [5, 5.41) is 14.6. The second kappa shape index (κ2) is 5.34. The van der Waals surface area contributed by atoms with Crippen LogP contribution in [0, 0.1) is 0 Å². The van der Waals surface area contributed by atoms with Crippen LogP contribution in [-0.2, 0) is 11.3 Å². The number of carboxylic acids is 1. The van der Waals surface area contributed by atoms with E-state index >= 15 is 0 Å². The summed E-state index contributed by atoms with van der Waals surface area (Å²) < 4.78 is 10.2. The van der Waals surface area contributed by atoms with Crippen LogP contribution < -0.4 is 0 Å². The molecule has 21 heavy (non-hydrogen) atoms. The van der Waals surface area contributed by atoms with Gasteiger partial charge in [0.15, 0.2) is 5.82 Å². The highest BCUT2D eigenvalue weighted by Gasteiger charge is 2.17. The molecule has 0 aliphatic carbocycles. The summed E-state index contributed by atoms with van der Waals surface area (Å²) >= 11 is 0. The predicted octanol–water partition coefficient (Wildman–Crippen LogP) is 2.73. The molecule has 0 spiro atoms. The topological polar surface area (TPSA) is 85.5 Å². The Balaban J connectivity index is 2.23. The van der Waals surface area contributed by atoms with E-state index in [1.165, 1.54) is 7.11 Å². The Morgan fingerprint density at radius 2 is 2.05 bits per heavy atom. The number of rotatable bonds is 4. The van der Waals surface area contributed by atoms with Crippen molar-refractivity contribution in [2.45, 2.75) is 6.61 Å². The third kappa shape index (κ3) is 2.36. The fraction of sp³-hybridized carbons (Fsp3) is 0.133. The van der Waals surface area contributed by atoms with E-state index in [0.29, 0.717) is 16.8 Å². The molecule has 0 saturated carbocycles. The van der Waals surface area contributed by atoms with Gasteiger partial charge in [-0.3, -0.25) is 0 Å². The Kier molecular flexibility index (Phi) is 3.37. The zero-order valence-corrected chi connectivity index (χ0v) is 11.2. The maximum Gasteiger partial charge on any atom is 0.336 e. The van der Waals surface area contributed by atoms with Gasteiger partial charge in [0.2, 0.25) is 0 Å². The van der Waals surface area contributed by atoms with Gasteiger partial charge in [-0.25, -0.2) is 4.79 Å². The molecule has 0 atom stereocenters. The van der Waals surface area contributed by atoms with Crippen LogP contribution in [0.1, 0.15) is 16.2 Å². The van der Waals surface area contributed by atoms with E-state index in [0.717, 1.165) is 5.39 Å². The minimum absolute atomic E-state index is 0.203. The Bertz CT molecular complexity index is 805. The minimum atomic E-state index is -0.996. The third-order valence-corrected chi connectivity index (χ3v) is 3.11. The van der Waals surface area contributed by atoms with Crippen LogP contribution in [0.3, 0.4) is 0 Å². The van der Waals surface area contributed by atoms with Crippen LogP contribution in [0.15, 0.2) is 40.9 Å². The van der Waals surface area contributed by atoms with Crippen molar-refractivity contribution in [3.8, 4) is 11.5 Å². The summed E-state index contributed by atoms with van der Waals surface area (Å²) in [6, 6.07) is 10.5. The van der Waals surface area contributed by atoms with Crippen molar-refractivity contribution in [1.82, 2.24) is 10.1 Å². The average Bonchev–Trinajstić information content (AvgIpc) is 2.94. The molecular formula is C15H12N2O4. The number of fused-ring (bicyclic) bond motifs is 1. The Labute approximate surface area is 120 Å². The number of methoxy groups -OCH3 is 1. The molecule has 0 saturated heterocycles. The second-order valence-electron chi connectivity index (χ2n) is 4.46. The summed E-state index contributed by atoms with van der Waals surface area (Å²) in [6.07, 6.45) is 0. The van der Waals surface area contributed by atoms with Gasteiger partial charge in [-0.15, -0.1) is 0 Å². The van der Waals surface area contributed by atoms with Crippen molar-refractivity contribution in [2.75, 3.05) is 7.11 Å². The Morgan fingerprint density at radius 1 is 1.29 bits per heavy atom. The number of benzene rings is 2. The molecule has 3 rings (SSSR count). The van der Waals surface area contributed by atoms with Crippen molar-refractivity contribution in [3.63, 3.8) is 0 Å². The van der Waals surface area contributed by atoms with Crippen LogP contribution in [0.4, 0.5) is 0 Å². The lowest BCUT2D eigenvalue weighted by atomic mass is 9.99. The van der Waals surface area contributed by atoms with Crippen molar-refractivity contribution in [2.24, 2.45) is 0 Å². The molecule has 1 aromatic heterocycles. The van der Waals surface area contributed by atoms with Gasteiger partial charge in [-0.1, -0.05) is 29.4 Å². The van der Waals surface area contributed by atoms with Crippen LogP contribution in [0.5, 0.6) is 0 Å². The highest BCUT2D eigenvalue weighted by molar-refractivity contribution is 6.09. The molecule has 1 N–H and O–H groups in total. The lowest BCUT2D eigenvalue weighted by molar-refractivity contribution is 0.0699. The predicted molar refractivity (Wildman–Crippen MR) is 74.9 cm³/mol. The number of aromatic nitrogens is 2. The molecule has 0 aliphatic rings. The van der Waals surface area contributed by atoms with Gasteiger partial charge >= 0.3 is 5.97 Å². The van der Waals surface area contributed by atoms with Crippen LogP contribution >= 0.6 is 0 Å². The Morgan fingerprint density at radius 3 is 2.76 bits per heavy atom. The molecule has 2 aromatic carbocycles. The Hall–Kier alpha value is -2.73. The smallest absolute Gasteiger partial charge is 0.336 e. The first kappa shape index (κ1) is 13.3. The highest BCUT2D eigenvalue weighted by atomic mass is 16.5. The molecule has 0 fully saturated rings. The van der Waals surface area contributed by atoms with Crippen molar-refractivity contribution >= 4 is 16.7 Å². The maximum absolute atomic E-state index is 11.4. The number of carbonyl (C=O) groups is 1. The van der Waals surface area contributed by atoms with E-state index in [2.05, 4.69) is 10.1 Å². The summed E-state index contributed by atoms with van der Waals surface area (Å²) in [5.41, 5.74) is 0.801. The minimum Gasteiger partial charge on any atom is -0.478 e. The van der Waals surface area contributed by atoms with Crippen molar-refractivity contribution in [1.29, 1.82) is 0 Å². The first-order valence-electron chi connectivity index (χ1n) is 6.27. The SMILES string of the molecule is COCc1noc(-c2cccc3cccc(C(=O)O)c23)n1. The summed E-state index contributed by atoms with van der Waals surface area (Å²) in [6.45, 7) is 0.236. The van der Waals surface area contributed by atoms with Crippen LogP contribution in [0.2, 0.25) is 0 Å². The number of carboxylic acid groups (broad SMARTS) is 1. The number of hydrogen-bond acceptors (Lipinski definition) is 5. The molecule has 0 unspecified atom stereocenters. The standard InChI is InChI=1S/C15H12N2O4/c1-20-8-12-16-14(21-17-12)10-6-2-4-9-5-3-7-11(13(9)10)15(18)19/h2-7H,8H2,1H3,(H,18,19). The molecule has 6 heteroatoms. The first-order chi connectivity index (χ1) is 10.2. The molecule has 0 amide bonds. The van der Waals surface area contributed by atoms with Crippen LogP contribution in [0.25, 0.3) is 22.2 Å². The lowest BCUT2D eigenvalue weighted by Crippen LogP contribution is -1.98. The average molecular weight is 284 g/mol. The maximum atomic E-state index is 11.4. The third-order valence-electron chi connectivity index (χ3n) is 3.11. The lowest BCUT2D eigenvalue weighted by Gasteiger charge is -2.06. The zero-order chi connectivity index (χ0) is 14.8. The van der Waals surface area contributed by atoms with Crippen molar-refractivity contribution in [3.05, 3.63) is 47.8 Å². The molecule has 1 heterocycles. The van der Waals surface area contributed by atoms with Gasteiger partial charge in [0.05, 0.1) is 5.56 Å². The van der Waals surface area contributed by atoms with Gasteiger partial charge in [0.25, 0.3) is 5.89 Å². The quantitative estimate of drug-likeness (QED) is 0.792. The number of ether oxygens (including phenoxy) is 1. The molecule has 0 bridgehead atoms. The zero-order valence-electron chi connectivity index (χ0n) is 11.2. The largest absolute Gasteiger partial charge is 0.478 e. The van der Waals surface area contributed by atoms with E-state index in [1.807, 2.05) is 18.2 Å². The second-order valence-corrected chi connectivity index (χ2v) is 4.46.